The van der Waals surface area contributed by atoms with E-state index < -0.39 is 17.7 Å². The van der Waals surface area contributed by atoms with Crippen LogP contribution in [0.25, 0.3) is 0 Å². The number of aliphatic hydroxyl groups excluding tert-OH is 1. The number of benzene rings is 2. The van der Waals surface area contributed by atoms with Crippen LogP contribution in [0, 0.1) is 11.6 Å². The van der Waals surface area contributed by atoms with E-state index >= 15 is 0 Å². The maximum Gasteiger partial charge on any atom is 0.130 e. The van der Waals surface area contributed by atoms with Gasteiger partial charge < -0.3 is 5.11 Å². The van der Waals surface area contributed by atoms with Crippen LogP contribution in [0.15, 0.2) is 40.9 Å². The molecule has 0 heterocycles. The Labute approximate surface area is 123 Å². The maximum atomic E-state index is 13.7. The molecule has 1 atom stereocenters. The van der Waals surface area contributed by atoms with Gasteiger partial charge in [-0.2, -0.15) is 0 Å². The minimum Gasteiger partial charge on any atom is -0.388 e. The van der Waals surface area contributed by atoms with Crippen molar-refractivity contribution in [3.8, 4) is 0 Å². The Morgan fingerprint density at radius 3 is 2.58 bits per heavy atom. The van der Waals surface area contributed by atoms with Gasteiger partial charge >= 0.3 is 0 Å². The fourth-order valence-electron chi connectivity index (χ4n) is 1.79. The molecule has 0 aliphatic carbocycles. The molecule has 2 rings (SSSR count). The molecule has 0 radical (unpaired) electrons. The summed E-state index contributed by atoms with van der Waals surface area (Å²) in [6.45, 7) is 0. The second-order valence-electron chi connectivity index (χ2n) is 4.12. The van der Waals surface area contributed by atoms with Crippen LogP contribution in [0.3, 0.4) is 0 Å². The third kappa shape index (κ3) is 3.53. The van der Waals surface area contributed by atoms with Gasteiger partial charge in [0.2, 0.25) is 0 Å². The molecule has 5 heteroatoms. The SMILES string of the molecule is OC(Cc1cc(F)ccc1Cl)c1ccc(Br)cc1F. The van der Waals surface area contributed by atoms with Crippen molar-refractivity contribution in [3.05, 3.63) is 68.7 Å². The Morgan fingerprint density at radius 2 is 1.89 bits per heavy atom. The number of hydrogen-bond donors (Lipinski definition) is 1. The summed E-state index contributed by atoms with van der Waals surface area (Å²) in [7, 11) is 0. The first-order valence-electron chi connectivity index (χ1n) is 5.54. The van der Waals surface area contributed by atoms with Crippen LogP contribution in [0.2, 0.25) is 5.02 Å². The Balaban J connectivity index is 2.25. The van der Waals surface area contributed by atoms with E-state index in [1.54, 1.807) is 6.07 Å². The van der Waals surface area contributed by atoms with E-state index in [2.05, 4.69) is 15.9 Å². The molecule has 0 aliphatic heterocycles. The summed E-state index contributed by atoms with van der Waals surface area (Å²) in [6, 6.07) is 8.27. The van der Waals surface area contributed by atoms with Crippen molar-refractivity contribution >= 4 is 27.5 Å². The molecule has 1 nitrogen and oxygen atoms in total. The fourth-order valence-corrected chi connectivity index (χ4v) is 2.32. The molecular weight excluding hydrogens is 338 g/mol. The molecule has 2 aromatic carbocycles. The number of rotatable bonds is 3. The topological polar surface area (TPSA) is 20.2 Å². The number of hydrogen-bond acceptors (Lipinski definition) is 1. The van der Waals surface area contributed by atoms with Gasteiger partial charge in [-0.25, -0.2) is 8.78 Å². The van der Waals surface area contributed by atoms with E-state index in [9.17, 15) is 13.9 Å². The van der Waals surface area contributed by atoms with Gasteiger partial charge in [-0.15, -0.1) is 0 Å². The standard InChI is InChI=1S/C14H10BrClF2O/c15-9-1-3-11(13(18)7-9)14(19)6-8-5-10(17)2-4-12(8)16/h1-5,7,14,19H,6H2. The first kappa shape index (κ1) is 14.4. The van der Waals surface area contributed by atoms with E-state index in [4.69, 9.17) is 11.6 Å². The zero-order valence-electron chi connectivity index (χ0n) is 9.71. The van der Waals surface area contributed by atoms with Crippen LogP contribution >= 0.6 is 27.5 Å². The number of aliphatic hydroxyl groups is 1. The van der Waals surface area contributed by atoms with Gasteiger partial charge in [0, 0.05) is 21.5 Å². The van der Waals surface area contributed by atoms with Crippen LogP contribution in [0.1, 0.15) is 17.2 Å². The molecule has 19 heavy (non-hydrogen) atoms. The minimum absolute atomic E-state index is 0.0507. The van der Waals surface area contributed by atoms with E-state index in [1.165, 1.54) is 30.3 Å². The predicted molar refractivity (Wildman–Crippen MR) is 74.2 cm³/mol. The van der Waals surface area contributed by atoms with Crippen molar-refractivity contribution in [1.82, 2.24) is 0 Å². The molecule has 0 saturated heterocycles. The van der Waals surface area contributed by atoms with Gasteiger partial charge in [0.15, 0.2) is 0 Å². The lowest BCUT2D eigenvalue weighted by atomic mass is 10.0. The Kier molecular flexibility index (Phi) is 4.55. The second-order valence-corrected chi connectivity index (χ2v) is 5.44. The third-order valence-electron chi connectivity index (χ3n) is 2.74. The van der Waals surface area contributed by atoms with Gasteiger partial charge in [0.05, 0.1) is 6.10 Å². The molecular formula is C14H10BrClF2O. The van der Waals surface area contributed by atoms with Crippen LogP contribution in [0.5, 0.6) is 0 Å². The Bertz CT molecular complexity index is 604. The molecule has 0 spiro atoms. The zero-order valence-corrected chi connectivity index (χ0v) is 12.0. The average molecular weight is 348 g/mol. The van der Waals surface area contributed by atoms with Crippen LogP contribution in [-0.4, -0.2) is 5.11 Å². The highest BCUT2D eigenvalue weighted by atomic mass is 79.9. The monoisotopic (exact) mass is 346 g/mol. The predicted octanol–water partition coefficient (Wildman–Crippen LogP) is 4.66. The van der Waals surface area contributed by atoms with E-state index in [1.807, 2.05) is 0 Å². The van der Waals surface area contributed by atoms with Gasteiger partial charge in [0.25, 0.3) is 0 Å². The molecule has 100 valence electrons. The second kappa shape index (κ2) is 5.99. The summed E-state index contributed by atoms with van der Waals surface area (Å²) < 4.78 is 27.4. The highest BCUT2D eigenvalue weighted by Crippen LogP contribution is 2.27. The van der Waals surface area contributed by atoms with E-state index in [0.29, 0.717) is 15.1 Å². The highest BCUT2D eigenvalue weighted by molar-refractivity contribution is 9.10. The smallest absolute Gasteiger partial charge is 0.130 e. The summed E-state index contributed by atoms with van der Waals surface area (Å²) >= 11 is 9.05. The van der Waals surface area contributed by atoms with Crippen molar-refractivity contribution < 1.29 is 13.9 Å². The lowest BCUT2D eigenvalue weighted by Gasteiger charge is -2.13. The lowest BCUT2D eigenvalue weighted by Crippen LogP contribution is -2.05. The van der Waals surface area contributed by atoms with Crippen molar-refractivity contribution in [1.29, 1.82) is 0 Å². The van der Waals surface area contributed by atoms with Crippen LogP contribution in [-0.2, 0) is 6.42 Å². The van der Waals surface area contributed by atoms with Gasteiger partial charge in [-0.3, -0.25) is 0 Å². The highest BCUT2D eigenvalue weighted by Gasteiger charge is 2.15. The molecule has 0 fully saturated rings. The Hall–Kier alpha value is -0.970. The summed E-state index contributed by atoms with van der Waals surface area (Å²) in [5.74, 6) is -0.961. The summed E-state index contributed by atoms with van der Waals surface area (Å²) in [6.07, 6.45) is -1.03. The maximum absolute atomic E-state index is 13.7. The molecule has 0 amide bonds. The minimum atomic E-state index is -1.08. The Morgan fingerprint density at radius 1 is 1.16 bits per heavy atom. The first-order chi connectivity index (χ1) is 8.97. The van der Waals surface area contributed by atoms with Crippen molar-refractivity contribution in [3.63, 3.8) is 0 Å². The zero-order chi connectivity index (χ0) is 14.0. The number of halogens is 4. The largest absolute Gasteiger partial charge is 0.388 e. The molecule has 0 bridgehead atoms. The van der Waals surface area contributed by atoms with Crippen LogP contribution in [0.4, 0.5) is 8.78 Å². The van der Waals surface area contributed by atoms with Gasteiger partial charge in [-0.05, 0) is 35.9 Å². The van der Waals surface area contributed by atoms with E-state index in [0.717, 1.165) is 0 Å². The quantitative estimate of drug-likeness (QED) is 0.856. The molecule has 1 N–H and O–H groups in total. The van der Waals surface area contributed by atoms with Gasteiger partial charge in [0.1, 0.15) is 11.6 Å². The summed E-state index contributed by atoms with van der Waals surface area (Å²) in [5.41, 5.74) is 0.597. The first-order valence-corrected chi connectivity index (χ1v) is 6.71. The third-order valence-corrected chi connectivity index (χ3v) is 3.60. The van der Waals surface area contributed by atoms with Crippen molar-refractivity contribution in [2.45, 2.75) is 12.5 Å². The van der Waals surface area contributed by atoms with Crippen molar-refractivity contribution in [2.24, 2.45) is 0 Å². The molecule has 0 aliphatic rings. The van der Waals surface area contributed by atoms with Crippen LogP contribution < -0.4 is 0 Å². The normalized spacial score (nSPS) is 12.5. The average Bonchev–Trinajstić information content (AvgIpc) is 2.33. The fraction of sp³-hybridized carbons (Fsp3) is 0.143. The molecule has 0 aromatic heterocycles. The lowest BCUT2D eigenvalue weighted by molar-refractivity contribution is 0.173. The van der Waals surface area contributed by atoms with Crippen molar-refractivity contribution in [2.75, 3.05) is 0 Å². The molecule has 2 aromatic rings. The van der Waals surface area contributed by atoms with E-state index in [-0.39, 0.29) is 12.0 Å². The summed E-state index contributed by atoms with van der Waals surface area (Å²) in [4.78, 5) is 0. The molecule has 1 unspecified atom stereocenters. The molecule has 0 saturated carbocycles. The van der Waals surface area contributed by atoms with Gasteiger partial charge in [-0.1, -0.05) is 33.6 Å². The summed E-state index contributed by atoms with van der Waals surface area (Å²) in [5, 5.41) is 10.4.